The largest absolute Gasteiger partial charge is 0.290 e. The maximum atomic E-state index is 13.1. The van der Waals surface area contributed by atoms with Crippen molar-refractivity contribution in [3.8, 4) is 0 Å². The van der Waals surface area contributed by atoms with E-state index in [9.17, 15) is 17.6 Å². The van der Waals surface area contributed by atoms with E-state index < -0.39 is 32.7 Å². The lowest BCUT2D eigenvalue weighted by Crippen LogP contribution is -2.29. The number of carbonyl (C=O) groups is 1. The highest BCUT2D eigenvalue weighted by Gasteiger charge is 2.45. The Morgan fingerprint density at radius 3 is 2.45 bits per heavy atom. The molecular formula is C15H11BrFNO3S. The number of sulfone groups is 1. The van der Waals surface area contributed by atoms with Crippen LogP contribution >= 0.6 is 15.9 Å². The summed E-state index contributed by atoms with van der Waals surface area (Å²) in [5.41, 5.74) is 0.849. The molecule has 1 atom stereocenters. The van der Waals surface area contributed by atoms with Crippen LogP contribution in [0.2, 0.25) is 0 Å². The molecule has 1 saturated heterocycles. The number of hydrogen-bond acceptors (Lipinski definition) is 3. The molecule has 0 spiro atoms. The summed E-state index contributed by atoms with van der Waals surface area (Å²) in [7, 11) is -3.65. The van der Waals surface area contributed by atoms with Gasteiger partial charge in [-0.2, -0.15) is 0 Å². The maximum absolute atomic E-state index is 13.1. The van der Waals surface area contributed by atoms with Gasteiger partial charge < -0.3 is 0 Å². The SMILES string of the molecule is O=C1CS(=O)(=O)C(c2cccc(Br)c2)N1c1ccc(F)cc1. The average Bonchev–Trinajstić information content (AvgIpc) is 2.69. The first-order valence-electron chi connectivity index (χ1n) is 6.43. The summed E-state index contributed by atoms with van der Waals surface area (Å²) in [6, 6.07) is 12.0. The van der Waals surface area contributed by atoms with Gasteiger partial charge in [0.1, 0.15) is 11.6 Å². The predicted molar refractivity (Wildman–Crippen MR) is 84.6 cm³/mol. The fourth-order valence-corrected chi connectivity index (χ4v) is 4.69. The second-order valence-corrected chi connectivity index (χ2v) is 7.93. The van der Waals surface area contributed by atoms with Crippen LogP contribution in [0.25, 0.3) is 0 Å². The van der Waals surface area contributed by atoms with Crippen LogP contribution in [0.5, 0.6) is 0 Å². The van der Waals surface area contributed by atoms with E-state index in [-0.39, 0.29) is 0 Å². The normalized spacial score (nSPS) is 20.4. The summed E-state index contributed by atoms with van der Waals surface area (Å²) in [6.07, 6.45) is 0. The monoisotopic (exact) mass is 383 g/mol. The highest BCUT2D eigenvalue weighted by Crippen LogP contribution is 2.38. The minimum atomic E-state index is -3.65. The Hall–Kier alpha value is -1.73. The molecule has 1 amide bonds. The molecule has 1 unspecified atom stereocenters. The smallest absolute Gasteiger partial charge is 0.243 e. The van der Waals surface area contributed by atoms with E-state index in [1.807, 2.05) is 0 Å². The van der Waals surface area contributed by atoms with Crippen LogP contribution in [0, 0.1) is 5.82 Å². The lowest BCUT2D eigenvalue weighted by atomic mass is 10.2. The number of amides is 1. The van der Waals surface area contributed by atoms with Gasteiger partial charge in [-0.05, 0) is 42.0 Å². The lowest BCUT2D eigenvalue weighted by molar-refractivity contribution is -0.115. The van der Waals surface area contributed by atoms with E-state index in [4.69, 9.17) is 0 Å². The molecule has 0 aliphatic carbocycles. The minimum absolute atomic E-state index is 0.359. The number of benzene rings is 2. The number of nitrogens with zero attached hydrogens (tertiary/aromatic N) is 1. The van der Waals surface area contributed by atoms with Crippen molar-refractivity contribution in [3.63, 3.8) is 0 Å². The van der Waals surface area contributed by atoms with Gasteiger partial charge >= 0.3 is 0 Å². The van der Waals surface area contributed by atoms with Crippen molar-refractivity contribution in [3.05, 3.63) is 64.4 Å². The summed E-state index contributed by atoms with van der Waals surface area (Å²) in [5.74, 6) is -1.52. The van der Waals surface area contributed by atoms with E-state index in [0.717, 1.165) is 4.47 Å². The number of halogens is 2. The summed E-state index contributed by atoms with van der Waals surface area (Å²) >= 11 is 3.30. The van der Waals surface area contributed by atoms with Crippen LogP contribution in [0.4, 0.5) is 10.1 Å². The molecule has 114 valence electrons. The molecule has 0 aromatic heterocycles. The Bertz CT molecular complexity index is 836. The average molecular weight is 384 g/mol. The van der Waals surface area contributed by atoms with Gasteiger partial charge in [0.05, 0.1) is 0 Å². The molecule has 3 rings (SSSR count). The Morgan fingerprint density at radius 2 is 1.82 bits per heavy atom. The molecule has 2 aromatic carbocycles. The van der Waals surface area contributed by atoms with Gasteiger partial charge in [0.15, 0.2) is 15.2 Å². The van der Waals surface area contributed by atoms with Gasteiger partial charge in [-0.3, -0.25) is 9.69 Å². The van der Waals surface area contributed by atoms with Gasteiger partial charge in [-0.25, -0.2) is 12.8 Å². The standard InChI is InChI=1S/C15H11BrFNO3S/c16-11-3-1-2-10(8-11)15-18(14(19)9-22(15,20)21)13-6-4-12(17)5-7-13/h1-8,15H,9H2. The fourth-order valence-electron chi connectivity index (χ4n) is 2.51. The second-order valence-electron chi connectivity index (χ2n) is 4.95. The third-order valence-electron chi connectivity index (χ3n) is 3.41. The minimum Gasteiger partial charge on any atom is -0.290 e. The Kier molecular flexibility index (Phi) is 3.78. The molecule has 0 bridgehead atoms. The number of anilines is 1. The zero-order chi connectivity index (χ0) is 15.9. The van der Waals surface area contributed by atoms with Crippen molar-refractivity contribution in [1.82, 2.24) is 0 Å². The highest BCUT2D eigenvalue weighted by atomic mass is 79.9. The Labute approximate surface area is 135 Å². The van der Waals surface area contributed by atoms with Gasteiger partial charge in [-0.1, -0.05) is 28.1 Å². The summed E-state index contributed by atoms with van der Waals surface area (Å²) in [4.78, 5) is 13.4. The van der Waals surface area contributed by atoms with E-state index in [0.29, 0.717) is 11.3 Å². The molecule has 22 heavy (non-hydrogen) atoms. The highest BCUT2D eigenvalue weighted by molar-refractivity contribution is 9.10. The fraction of sp³-hybridized carbons (Fsp3) is 0.133. The second kappa shape index (κ2) is 5.48. The molecular weight excluding hydrogens is 373 g/mol. The van der Waals surface area contributed by atoms with Crippen molar-refractivity contribution >= 4 is 37.4 Å². The van der Waals surface area contributed by atoms with Crippen LogP contribution in [0.1, 0.15) is 10.9 Å². The van der Waals surface area contributed by atoms with Crippen LogP contribution in [0.3, 0.4) is 0 Å². The molecule has 0 radical (unpaired) electrons. The first-order valence-corrected chi connectivity index (χ1v) is 8.94. The first-order chi connectivity index (χ1) is 10.4. The van der Waals surface area contributed by atoms with E-state index in [1.54, 1.807) is 24.3 Å². The van der Waals surface area contributed by atoms with Gasteiger partial charge in [0.2, 0.25) is 5.91 Å². The molecule has 1 fully saturated rings. The molecule has 7 heteroatoms. The zero-order valence-corrected chi connectivity index (χ0v) is 13.6. The summed E-state index contributed by atoms with van der Waals surface area (Å²) < 4.78 is 38.6. The van der Waals surface area contributed by atoms with Crippen LogP contribution < -0.4 is 4.90 Å². The molecule has 4 nitrogen and oxygen atoms in total. The van der Waals surface area contributed by atoms with E-state index >= 15 is 0 Å². The van der Waals surface area contributed by atoms with Crippen LogP contribution in [-0.4, -0.2) is 20.1 Å². The molecule has 1 aliphatic heterocycles. The molecule has 0 saturated carbocycles. The first kappa shape index (κ1) is 15.2. The van der Waals surface area contributed by atoms with Crippen molar-refractivity contribution in [2.45, 2.75) is 5.37 Å². The van der Waals surface area contributed by atoms with Gasteiger partial charge in [0.25, 0.3) is 0 Å². The quantitative estimate of drug-likeness (QED) is 0.800. The number of carbonyl (C=O) groups excluding carboxylic acids is 1. The zero-order valence-electron chi connectivity index (χ0n) is 11.2. The predicted octanol–water partition coefficient (Wildman–Crippen LogP) is 3.05. The molecule has 0 N–H and O–H groups in total. The van der Waals surface area contributed by atoms with E-state index in [1.165, 1.54) is 29.2 Å². The van der Waals surface area contributed by atoms with Gasteiger partial charge in [0, 0.05) is 10.2 Å². The number of rotatable bonds is 2. The molecule has 1 aliphatic rings. The van der Waals surface area contributed by atoms with E-state index in [2.05, 4.69) is 15.9 Å². The molecule has 1 heterocycles. The Morgan fingerprint density at radius 1 is 1.14 bits per heavy atom. The Balaban J connectivity index is 2.14. The van der Waals surface area contributed by atoms with Crippen molar-refractivity contribution in [1.29, 1.82) is 0 Å². The lowest BCUT2D eigenvalue weighted by Gasteiger charge is -2.24. The summed E-state index contributed by atoms with van der Waals surface area (Å²) in [5, 5.41) is -1.09. The number of hydrogen-bond donors (Lipinski definition) is 0. The van der Waals surface area contributed by atoms with Crippen LogP contribution in [-0.2, 0) is 14.6 Å². The summed E-state index contributed by atoms with van der Waals surface area (Å²) in [6.45, 7) is 0. The third-order valence-corrected chi connectivity index (χ3v) is 5.71. The topological polar surface area (TPSA) is 54.5 Å². The maximum Gasteiger partial charge on any atom is 0.243 e. The van der Waals surface area contributed by atoms with Crippen LogP contribution in [0.15, 0.2) is 53.0 Å². The molecule has 2 aromatic rings. The van der Waals surface area contributed by atoms with Crippen molar-refractivity contribution < 1.29 is 17.6 Å². The third kappa shape index (κ3) is 2.66. The van der Waals surface area contributed by atoms with Crippen molar-refractivity contribution in [2.24, 2.45) is 0 Å². The van der Waals surface area contributed by atoms with Gasteiger partial charge in [-0.15, -0.1) is 0 Å². The van der Waals surface area contributed by atoms with Crippen molar-refractivity contribution in [2.75, 3.05) is 10.7 Å².